The molecule has 0 aliphatic carbocycles. The van der Waals surface area contributed by atoms with Crippen molar-refractivity contribution in [1.29, 1.82) is 5.26 Å². The molecule has 332 valence electrons. The highest BCUT2D eigenvalue weighted by Crippen LogP contribution is 2.50. The zero-order chi connectivity index (χ0) is 45.4. The fourth-order valence-corrected chi connectivity index (χ4v) is 8.58. The van der Waals surface area contributed by atoms with E-state index in [0.717, 1.165) is 12.1 Å². The van der Waals surface area contributed by atoms with Crippen molar-refractivity contribution < 1.29 is 59.8 Å². The number of hydrogen-bond acceptors (Lipinski definition) is 14. The number of esters is 2. The van der Waals surface area contributed by atoms with Crippen LogP contribution in [0, 0.1) is 28.8 Å². The van der Waals surface area contributed by atoms with Crippen molar-refractivity contribution in [1.82, 2.24) is 14.8 Å². The maximum atomic E-state index is 16.2. The third-order valence-electron chi connectivity index (χ3n) is 9.17. The summed E-state index contributed by atoms with van der Waals surface area (Å²) in [6.07, 6.45) is 10.9. The normalized spacial score (nSPS) is 16.9. The molecule has 1 aromatic heterocycles. The van der Waals surface area contributed by atoms with E-state index in [1.807, 2.05) is 6.07 Å². The minimum Gasteiger partial charge on any atom is -0.461 e. The predicted molar refractivity (Wildman–Crippen MR) is 226 cm³/mol. The molecule has 0 unspecified atom stereocenters. The molecule has 14 nitrogen and oxygen atoms in total. The van der Waals surface area contributed by atoms with E-state index >= 15 is 4.39 Å². The highest BCUT2D eigenvalue weighted by atomic mass is 32.2. The Bertz CT molecular complexity index is 2370. The fourth-order valence-electron chi connectivity index (χ4n) is 6.11. The Labute approximate surface area is 366 Å². The molecule has 1 fully saturated rings. The first-order valence-electron chi connectivity index (χ1n) is 19.2. The minimum absolute atomic E-state index is 0.121. The second kappa shape index (κ2) is 23.2. The molecule has 1 aliphatic heterocycles. The van der Waals surface area contributed by atoms with Gasteiger partial charge in [-0.25, -0.2) is 32.2 Å². The van der Waals surface area contributed by atoms with Gasteiger partial charge in [-0.05, 0) is 48.9 Å². The zero-order valence-electron chi connectivity index (χ0n) is 34.3. The van der Waals surface area contributed by atoms with Crippen molar-refractivity contribution >= 4 is 37.6 Å². The average Bonchev–Trinajstić information content (AvgIpc) is 3.78. The lowest BCUT2D eigenvalue weighted by Gasteiger charge is -2.40. The lowest BCUT2D eigenvalue weighted by molar-refractivity contribution is -0.146. The topological polar surface area (TPSA) is 170 Å². The second-order valence-corrected chi connectivity index (χ2v) is 17.0. The van der Waals surface area contributed by atoms with Gasteiger partial charge in [0.25, 0.3) is 0 Å². The summed E-state index contributed by atoms with van der Waals surface area (Å²) in [6, 6.07) is 13.3. The Morgan fingerprint density at radius 1 is 1.02 bits per heavy atom. The molecular weight excluding hydrogens is 865 g/mol. The molecule has 1 aliphatic rings. The van der Waals surface area contributed by atoms with Crippen LogP contribution in [-0.2, 0) is 67.2 Å². The number of hydrogen-bond donors (Lipinski definition) is 0. The maximum absolute atomic E-state index is 16.2. The van der Waals surface area contributed by atoms with Gasteiger partial charge in [-0.1, -0.05) is 48.6 Å². The van der Waals surface area contributed by atoms with E-state index in [1.165, 1.54) is 84.6 Å². The first-order chi connectivity index (χ1) is 30.3. The number of thioether (sulfide) groups is 1. The highest BCUT2D eigenvalue weighted by molar-refractivity contribution is 8.00. The Morgan fingerprint density at radius 2 is 1.76 bits per heavy atom. The first-order valence-corrected chi connectivity index (χ1v) is 21.6. The van der Waals surface area contributed by atoms with Gasteiger partial charge in [-0.2, -0.15) is 10.4 Å². The number of benzene rings is 3. The molecule has 63 heavy (non-hydrogen) atoms. The molecule has 2 atom stereocenters. The third kappa shape index (κ3) is 13.7. The molecule has 19 heteroatoms. The van der Waals surface area contributed by atoms with Gasteiger partial charge in [0.15, 0.2) is 11.9 Å². The largest absolute Gasteiger partial charge is 0.475 e. The van der Waals surface area contributed by atoms with Crippen LogP contribution in [0.2, 0.25) is 0 Å². The van der Waals surface area contributed by atoms with E-state index in [4.69, 9.17) is 37.8 Å². The van der Waals surface area contributed by atoms with Crippen molar-refractivity contribution in [3.8, 4) is 6.07 Å². The van der Waals surface area contributed by atoms with Gasteiger partial charge in [0.05, 0.1) is 62.0 Å². The minimum atomic E-state index is -4.14. The molecule has 0 radical (unpaired) electrons. The van der Waals surface area contributed by atoms with Crippen LogP contribution < -0.4 is 0 Å². The van der Waals surface area contributed by atoms with Crippen LogP contribution in [-0.4, -0.2) is 69.9 Å². The molecule has 2 heterocycles. The van der Waals surface area contributed by atoms with Crippen LogP contribution in [0.5, 0.6) is 0 Å². The molecule has 1 saturated heterocycles. The van der Waals surface area contributed by atoms with Gasteiger partial charge in [-0.15, -0.1) is 24.9 Å². The van der Waals surface area contributed by atoms with Crippen LogP contribution in [0.4, 0.5) is 13.2 Å². The third-order valence-corrected chi connectivity index (χ3v) is 12.0. The Balaban J connectivity index is 1.43. The molecular formula is C44H44F3N4O10PS. The van der Waals surface area contributed by atoms with Crippen molar-refractivity contribution in [3.63, 3.8) is 0 Å². The first kappa shape index (κ1) is 48.4. The molecule has 0 N–H and O–H groups in total. The van der Waals surface area contributed by atoms with Crippen molar-refractivity contribution in [3.05, 3.63) is 162 Å². The number of nitrogens with zero attached hydrogens (tertiary/aromatic N) is 4. The van der Waals surface area contributed by atoms with E-state index in [0.29, 0.717) is 11.6 Å². The lowest BCUT2D eigenvalue weighted by Crippen LogP contribution is -2.47. The Kier molecular flexibility index (Phi) is 17.8. The van der Waals surface area contributed by atoms with Crippen molar-refractivity contribution in [2.45, 2.75) is 56.0 Å². The molecule has 0 bridgehead atoms. The second-order valence-electron chi connectivity index (χ2n) is 13.7. The van der Waals surface area contributed by atoms with E-state index in [9.17, 15) is 22.9 Å². The van der Waals surface area contributed by atoms with Crippen LogP contribution in [0.15, 0.2) is 111 Å². The van der Waals surface area contributed by atoms with Crippen LogP contribution in [0.3, 0.4) is 0 Å². The number of ether oxygens (including phenoxy) is 4. The summed E-state index contributed by atoms with van der Waals surface area (Å²) < 4.78 is 99.2. The highest BCUT2D eigenvalue weighted by Gasteiger charge is 2.47. The number of carbonyl (C=O) groups excluding carboxylic acids is 2. The average molecular weight is 909 g/mol. The maximum Gasteiger partial charge on any atom is 0.475 e. The summed E-state index contributed by atoms with van der Waals surface area (Å²) in [5.41, 5.74) is -1.25. The molecule has 5 rings (SSSR count). The quantitative estimate of drug-likeness (QED) is 0.0318. The number of aromatic nitrogens is 3. The van der Waals surface area contributed by atoms with E-state index < -0.39 is 59.6 Å². The lowest BCUT2D eigenvalue weighted by atomic mass is 9.89. The summed E-state index contributed by atoms with van der Waals surface area (Å²) in [7, 11) is -4.14. The zero-order valence-corrected chi connectivity index (χ0v) is 36.0. The van der Waals surface area contributed by atoms with Crippen LogP contribution >= 0.6 is 19.6 Å². The van der Waals surface area contributed by atoms with Crippen molar-refractivity contribution in [2.24, 2.45) is 0 Å². The SMILES string of the molecule is C=CCOP(=O)(OCC=C)OCc1ccc(COC(C)=O)c(C(=O)O[C@@](Cn2cncn2)(c2ccc(F)cc2F)[C@@H](C)SC2COC(C=CC=Cc3ccc(C#N)cc3F)OC2)c1. The smallest absolute Gasteiger partial charge is 0.461 e. The van der Waals surface area contributed by atoms with E-state index in [2.05, 4.69) is 23.2 Å². The van der Waals surface area contributed by atoms with E-state index in [-0.39, 0.29) is 74.0 Å². The molecule has 3 aromatic carbocycles. The number of halogens is 3. The molecule has 4 aromatic rings. The summed E-state index contributed by atoms with van der Waals surface area (Å²) >= 11 is 1.26. The number of carbonyl (C=O) groups is 2. The monoisotopic (exact) mass is 908 g/mol. The number of allylic oxidation sites excluding steroid dienone is 2. The summed E-state index contributed by atoms with van der Waals surface area (Å²) in [6.45, 7) is 8.91. The number of nitriles is 1. The number of rotatable bonds is 22. The van der Waals surface area contributed by atoms with Gasteiger partial charge in [0.2, 0.25) is 0 Å². The van der Waals surface area contributed by atoms with Gasteiger partial charge < -0.3 is 18.9 Å². The Hall–Kier alpha value is -5.64. The van der Waals surface area contributed by atoms with Crippen LogP contribution in [0.1, 0.15) is 52.0 Å². The summed E-state index contributed by atoms with van der Waals surface area (Å²) in [5, 5.41) is 12.0. The standard InChI is InChI=1S/C44H44F3N4O10PS/c1-5-17-58-62(54,59-18-6-2)60-23-33-12-14-35(24-55-31(4)52)38(19-33)43(53)61-44(27-51-29-49-28-50-51,39-16-15-36(45)21-41(39)47)30(3)63-37-25-56-42(57-26-37)10-8-7-9-34-13-11-32(22-48)20-40(34)46/h5-16,19-21,28-30,37,42H,1-2,17-18,23-27H2,3-4H3/t30-,37?,42?,44-/m1/s1. The molecule has 0 saturated carbocycles. The predicted octanol–water partition coefficient (Wildman–Crippen LogP) is 8.55. The van der Waals surface area contributed by atoms with E-state index in [1.54, 1.807) is 31.2 Å². The number of phosphoric ester groups is 1. The fraction of sp³-hybridized carbons (Fsp3) is 0.295. The molecule has 0 spiro atoms. The van der Waals surface area contributed by atoms with Crippen LogP contribution in [0.25, 0.3) is 6.08 Å². The molecule has 0 amide bonds. The van der Waals surface area contributed by atoms with Gasteiger partial charge >= 0.3 is 19.8 Å². The van der Waals surface area contributed by atoms with Crippen molar-refractivity contribution in [2.75, 3.05) is 26.4 Å². The summed E-state index contributed by atoms with van der Waals surface area (Å²) in [4.78, 5) is 30.6. The van der Waals surface area contributed by atoms with Gasteiger partial charge in [0, 0.05) is 34.9 Å². The number of phosphoric acid groups is 1. The van der Waals surface area contributed by atoms with Gasteiger partial charge in [-0.3, -0.25) is 18.4 Å². The Morgan fingerprint density at radius 3 is 2.40 bits per heavy atom. The summed E-state index contributed by atoms with van der Waals surface area (Å²) in [5.74, 6) is -4.06. The van der Waals surface area contributed by atoms with Gasteiger partial charge in [0.1, 0.15) is 36.7 Å².